The molecule has 6 rings (SSSR count). The van der Waals surface area contributed by atoms with Crippen LogP contribution in [0.2, 0.25) is 0 Å². The topological polar surface area (TPSA) is 45.9 Å². The maximum atomic E-state index is 6.61. The second-order valence-corrected chi connectivity index (χ2v) is 12.7. The van der Waals surface area contributed by atoms with Gasteiger partial charge < -0.3 is 18.9 Å². The lowest BCUT2D eigenvalue weighted by Crippen LogP contribution is -2.24. The zero-order valence-electron chi connectivity index (χ0n) is 25.4. The zero-order chi connectivity index (χ0) is 29.1. The summed E-state index contributed by atoms with van der Waals surface area (Å²) in [6, 6.07) is 23.3. The Kier molecular flexibility index (Phi) is 6.33. The first-order valence-corrected chi connectivity index (χ1v) is 14.3. The molecule has 4 heterocycles. The molecule has 0 radical (unpaired) electrons. The number of aryl methyl sites for hydroxylation is 2. The van der Waals surface area contributed by atoms with Crippen molar-refractivity contribution in [3.8, 4) is 11.5 Å². The lowest BCUT2D eigenvalue weighted by Gasteiger charge is -2.28. The highest BCUT2D eigenvalue weighted by molar-refractivity contribution is 5.82. The molecule has 0 amide bonds. The molecule has 41 heavy (non-hydrogen) atoms. The first kappa shape index (κ1) is 26.9. The van der Waals surface area contributed by atoms with E-state index in [1.807, 2.05) is 12.3 Å². The summed E-state index contributed by atoms with van der Waals surface area (Å²) in [5, 5.41) is 0. The summed E-state index contributed by atoms with van der Waals surface area (Å²) < 4.78 is 8.76. The van der Waals surface area contributed by atoms with Crippen molar-refractivity contribution in [3.63, 3.8) is 0 Å². The van der Waals surface area contributed by atoms with Crippen molar-refractivity contribution in [3.05, 3.63) is 107 Å². The Morgan fingerprint density at radius 3 is 2.34 bits per heavy atom. The Bertz CT molecular complexity index is 1760. The average Bonchev–Trinajstić information content (AvgIpc) is 3.43. The molecule has 0 bridgehead atoms. The molecule has 1 aliphatic heterocycles. The van der Waals surface area contributed by atoms with Crippen LogP contribution >= 0.6 is 0 Å². The van der Waals surface area contributed by atoms with Crippen LogP contribution in [0.4, 0.5) is 17.1 Å². The largest absolute Gasteiger partial charge is 0.456 e. The second kappa shape index (κ2) is 9.65. The van der Waals surface area contributed by atoms with Gasteiger partial charge in [0.25, 0.3) is 0 Å². The number of hydrogen-bond donors (Lipinski definition) is 0. The highest BCUT2D eigenvalue weighted by Crippen LogP contribution is 2.42. The molecular weight excluding hydrogens is 506 g/mol. The quantitative estimate of drug-likeness (QED) is 0.222. The van der Waals surface area contributed by atoms with Gasteiger partial charge in [-0.15, -0.1) is 0 Å². The number of anilines is 3. The van der Waals surface area contributed by atoms with Crippen LogP contribution in [0, 0.1) is 13.8 Å². The van der Waals surface area contributed by atoms with Crippen molar-refractivity contribution in [2.75, 3.05) is 23.5 Å². The first-order chi connectivity index (χ1) is 19.4. The third-order valence-electron chi connectivity index (χ3n) is 8.41. The van der Waals surface area contributed by atoms with Crippen LogP contribution in [0.5, 0.6) is 11.5 Å². The molecular formula is C35H39N5O. The monoisotopic (exact) mass is 545 g/mol. The van der Waals surface area contributed by atoms with E-state index in [1.165, 1.54) is 16.9 Å². The minimum atomic E-state index is -0.405. The number of nitrogens with zero attached hydrogens (tertiary/aromatic N) is 5. The smallest absolute Gasteiger partial charge is 0.144 e. The van der Waals surface area contributed by atoms with Crippen LogP contribution in [0.3, 0.4) is 0 Å². The van der Waals surface area contributed by atoms with Crippen LogP contribution in [0.25, 0.3) is 5.65 Å². The van der Waals surface area contributed by atoms with Gasteiger partial charge in [-0.3, -0.25) is 4.98 Å². The van der Waals surface area contributed by atoms with Gasteiger partial charge in [0.2, 0.25) is 0 Å². The molecule has 5 aromatic rings. The molecule has 0 aliphatic carbocycles. The van der Waals surface area contributed by atoms with E-state index in [4.69, 9.17) is 14.7 Å². The lowest BCUT2D eigenvalue weighted by atomic mass is 9.79. The minimum absolute atomic E-state index is 0.0320. The van der Waals surface area contributed by atoms with E-state index in [1.54, 1.807) is 0 Å². The summed E-state index contributed by atoms with van der Waals surface area (Å²) >= 11 is 0. The number of benzene rings is 2. The maximum absolute atomic E-state index is 6.61. The van der Waals surface area contributed by atoms with Crippen LogP contribution < -0.4 is 14.5 Å². The van der Waals surface area contributed by atoms with Crippen molar-refractivity contribution in [1.82, 2.24) is 14.4 Å². The summed E-state index contributed by atoms with van der Waals surface area (Å²) in [5.41, 5.74) is 9.56. The molecule has 0 N–H and O–H groups in total. The summed E-state index contributed by atoms with van der Waals surface area (Å²) in [5.74, 6) is 1.56. The fourth-order valence-corrected chi connectivity index (χ4v) is 5.69. The van der Waals surface area contributed by atoms with Crippen LogP contribution in [0.1, 0.15) is 62.8 Å². The van der Waals surface area contributed by atoms with E-state index in [-0.39, 0.29) is 5.41 Å². The number of fused-ring (bicyclic) bond motifs is 2. The van der Waals surface area contributed by atoms with Gasteiger partial charge >= 0.3 is 0 Å². The van der Waals surface area contributed by atoms with E-state index in [0.29, 0.717) is 0 Å². The van der Waals surface area contributed by atoms with E-state index < -0.39 is 5.41 Å². The van der Waals surface area contributed by atoms with Crippen molar-refractivity contribution in [1.29, 1.82) is 0 Å². The molecule has 210 valence electrons. The number of aromatic nitrogens is 3. The van der Waals surface area contributed by atoms with Gasteiger partial charge in [-0.2, -0.15) is 0 Å². The predicted molar refractivity (Wildman–Crippen MR) is 168 cm³/mol. The standard InChI is InChI=1S/C35H39N5O/c1-23-24(2)39-21-28(20-29(33(39)37-23)35(6,7)32-18-25(16-17-36-32)34(3,4)5)41-27-13-11-12-26(19-27)40-22-38(8)30-14-9-10-15-31(30)40/h9-21H,22H2,1-8H3. The van der Waals surface area contributed by atoms with Crippen molar-refractivity contribution in [2.45, 2.75) is 59.3 Å². The van der Waals surface area contributed by atoms with Crippen LogP contribution in [-0.4, -0.2) is 28.1 Å². The van der Waals surface area contributed by atoms with E-state index >= 15 is 0 Å². The predicted octanol–water partition coefficient (Wildman–Crippen LogP) is 8.31. The van der Waals surface area contributed by atoms with E-state index in [0.717, 1.165) is 52.1 Å². The van der Waals surface area contributed by atoms with Gasteiger partial charge in [0.1, 0.15) is 17.1 Å². The molecule has 6 nitrogen and oxygen atoms in total. The number of pyridine rings is 2. The van der Waals surface area contributed by atoms with Crippen molar-refractivity contribution < 1.29 is 4.74 Å². The highest BCUT2D eigenvalue weighted by atomic mass is 16.5. The summed E-state index contributed by atoms with van der Waals surface area (Å²) in [4.78, 5) is 14.4. The Morgan fingerprint density at radius 2 is 1.59 bits per heavy atom. The molecule has 0 spiro atoms. The SMILES string of the molecule is Cc1nc2c(C(C)(C)c3cc(C(C)(C)C)ccn3)cc(Oc3cccc(N4CN(C)c5ccccc54)c3)cn2c1C. The third-order valence-corrected chi connectivity index (χ3v) is 8.41. The van der Waals surface area contributed by atoms with Gasteiger partial charge in [-0.1, -0.05) is 52.8 Å². The van der Waals surface area contributed by atoms with Crippen molar-refractivity contribution in [2.24, 2.45) is 0 Å². The fourth-order valence-electron chi connectivity index (χ4n) is 5.69. The number of rotatable bonds is 5. The molecule has 0 unspecified atom stereocenters. The van der Waals surface area contributed by atoms with E-state index in [2.05, 4.69) is 137 Å². The summed E-state index contributed by atoms with van der Waals surface area (Å²) in [6.45, 7) is 16.1. The summed E-state index contributed by atoms with van der Waals surface area (Å²) in [7, 11) is 2.12. The Morgan fingerprint density at radius 1 is 0.829 bits per heavy atom. The minimum Gasteiger partial charge on any atom is -0.456 e. The van der Waals surface area contributed by atoms with Crippen LogP contribution in [-0.2, 0) is 10.8 Å². The number of ether oxygens (including phenoxy) is 1. The number of para-hydroxylation sites is 2. The Hall–Kier alpha value is -4.32. The Balaban J connectivity index is 1.41. The molecule has 0 saturated carbocycles. The molecule has 1 aliphatic rings. The van der Waals surface area contributed by atoms with Gasteiger partial charge in [0.15, 0.2) is 0 Å². The number of hydrogen-bond acceptors (Lipinski definition) is 5. The fraction of sp³-hybridized carbons (Fsp3) is 0.314. The van der Waals surface area contributed by atoms with E-state index in [9.17, 15) is 0 Å². The van der Waals surface area contributed by atoms with Gasteiger partial charge in [-0.05, 0) is 67.3 Å². The average molecular weight is 546 g/mol. The summed E-state index contributed by atoms with van der Waals surface area (Å²) in [6.07, 6.45) is 3.98. The molecule has 0 atom stereocenters. The number of imidazole rings is 1. The zero-order valence-corrected chi connectivity index (χ0v) is 25.4. The first-order valence-electron chi connectivity index (χ1n) is 14.3. The highest BCUT2D eigenvalue weighted by Gasteiger charge is 2.31. The van der Waals surface area contributed by atoms with Gasteiger partial charge in [-0.25, -0.2) is 4.98 Å². The second-order valence-electron chi connectivity index (χ2n) is 12.7. The van der Waals surface area contributed by atoms with Gasteiger partial charge in [0.05, 0.1) is 35.6 Å². The molecule has 0 fully saturated rings. The molecule has 3 aromatic heterocycles. The maximum Gasteiger partial charge on any atom is 0.144 e. The van der Waals surface area contributed by atoms with Crippen molar-refractivity contribution >= 4 is 22.7 Å². The Labute approximate surface area is 243 Å². The molecule has 2 aromatic carbocycles. The lowest BCUT2D eigenvalue weighted by molar-refractivity contribution is 0.476. The molecule has 0 saturated heterocycles. The van der Waals surface area contributed by atoms with Crippen LogP contribution in [0.15, 0.2) is 79.1 Å². The normalized spacial score (nSPS) is 13.7. The van der Waals surface area contributed by atoms with Gasteiger partial charge in [0, 0.05) is 41.7 Å². The third kappa shape index (κ3) is 4.71. The molecule has 6 heteroatoms.